The SMILES string of the molecule is N=C1S/C(=C\c2ccc(OCc3ccc(Br)cc3)c(Br)c2)C(=O)[C@H]1c1nccs1. The van der Waals surface area contributed by atoms with Crippen LogP contribution in [0.4, 0.5) is 0 Å². The molecule has 2 heterocycles. The summed E-state index contributed by atoms with van der Waals surface area (Å²) in [4.78, 5) is 17.5. The molecule has 29 heavy (non-hydrogen) atoms. The number of rotatable bonds is 5. The molecule has 1 aliphatic rings. The Bertz CT molecular complexity index is 1100. The Morgan fingerprint density at radius 2 is 1.97 bits per heavy atom. The number of benzene rings is 2. The molecule has 1 fully saturated rings. The van der Waals surface area contributed by atoms with Crippen LogP contribution in [0.5, 0.6) is 5.75 Å². The van der Waals surface area contributed by atoms with E-state index in [1.165, 1.54) is 23.1 Å². The third kappa shape index (κ3) is 4.71. The molecule has 0 bridgehead atoms. The molecule has 0 saturated carbocycles. The van der Waals surface area contributed by atoms with Gasteiger partial charge >= 0.3 is 0 Å². The molecule has 0 spiro atoms. The first-order chi connectivity index (χ1) is 14.0. The summed E-state index contributed by atoms with van der Waals surface area (Å²) in [5, 5.41) is 11.0. The van der Waals surface area contributed by atoms with Crippen molar-refractivity contribution in [1.29, 1.82) is 5.41 Å². The Balaban J connectivity index is 1.48. The van der Waals surface area contributed by atoms with Crippen molar-refractivity contribution in [2.45, 2.75) is 12.5 Å². The molecular formula is C21H14Br2N2O2S2. The summed E-state index contributed by atoms with van der Waals surface area (Å²) in [6, 6.07) is 13.7. The zero-order valence-electron chi connectivity index (χ0n) is 14.9. The molecule has 0 aliphatic carbocycles. The molecule has 2 aromatic carbocycles. The number of allylic oxidation sites excluding steroid dienone is 1. The van der Waals surface area contributed by atoms with Crippen molar-refractivity contribution in [3.63, 3.8) is 0 Å². The number of thiazole rings is 1. The fourth-order valence-electron chi connectivity index (χ4n) is 2.81. The van der Waals surface area contributed by atoms with E-state index in [0.717, 1.165) is 25.8 Å². The zero-order chi connectivity index (χ0) is 20.4. The lowest BCUT2D eigenvalue weighted by Gasteiger charge is -2.09. The van der Waals surface area contributed by atoms with Gasteiger partial charge in [0.25, 0.3) is 0 Å². The van der Waals surface area contributed by atoms with Crippen LogP contribution in [0.3, 0.4) is 0 Å². The molecule has 0 amide bonds. The Labute approximate surface area is 193 Å². The first-order valence-corrected chi connectivity index (χ1v) is 11.9. The van der Waals surface area contributed by atoms with Gasteiger partial charge in [0.1, 0.15) is 23.3 Å². The minimum atomic E-state index is -0.566. The second-order valence-electron chi connectivity index (χ2n) is 6.25. The second-order valence-corrected chi connectivity index (χ2v) is 10.0. The molecule has 1 aliphatic heterocycles. The zero-order valence-corrected chi connectivity index (χ0v) is 19.7. The van der Waals surface area contributed by atoms with Gasteiger partial charge in [0.15, 0.2) is 5.78 Å². The third-order valence-corrected chi connectivity index (χ3v) is 7.23. The largest absolute Gasteiger partial charge is 0.488 e. The number of carbonyl (C=O) groups excluding carboxylic acids is 1. The van der Waals surface area contributed by atoms with E-state index in [4.69, 9.17) is 10.1 Å². The minimum Gasteiger partial charge on any atom is -0.488 e. The van der Waals surface area contributed by atoms with Crippen LogP contribution < -0.4 is 4.74 Å². The Morgan fingerprint density at radius 1 is 1.17 bits per heavy atom. The molecule has 146 valence electrons. The molecule has 1 N–H and O–H groups in total. The Kier molecular flexibility index (Phi) is 6.34. The Hall–Kier alpha value is -1.74. The first kappa shape index (κ1) is 20.5. The van der Waals surface area contributed by atoms with Crippen LogP contribution in [0.2, 0.25) is 0 Å². The molecule has 1 atom stereocenters. The topological polar surface area (TPSA) is 63.0 Å². The summed E-state index contributed by atoms with van der Waals surface area (Å²) < 4.78 is 7.74. The van der Waals surface area contributed by atoms with E-state index in [9.17, 15) is 4.79 Å². The number of carbonyl (C=O) groups is 1. The summed E-state index contributed by atoms with van der Waals surface area (Å²) >= 11 is 9.58. The number of Topliss-reactive ketones (excluding diaryl/α,β-unsaturated/α-hetero) is 1. The van der Waals surface area contributed by atoms with Gasteiger partial charge in [0.2, 0.25) is 0 Å². The highest BCUT2D eigenvalue weighted by Crippen LogP contribution is 2.41. The number of thioether (sulfide) groups is 1. The first-order valence-electron chi connectivity index (χ1n) is 8.59. The van der Waals surface area contributed by atoms with E-state index < -0.39 is 5.92 Å². The van der Waals surface area contributed by atoms with Gasteiger partial charge in [-0.05, 0) is 57.4 Å². The van der Waals surface area contributed by atoms with Crippen LogP contribution in [-0.4, -0.2) is 15.8 Å². The standard InChI is InChI=1S/C21H14Br2N2O2S2/c22-14-4-1-12(2-5-14)11-27-16-6-3-13(9-15(16)23)10-17-19(26)18(20(24)29-17)21-25-7-8-28-21/h1-10,18,24H,11H2/b17-10-,24-20?/t18-/m1/s1. The lowest BCUT2D eigenvalue weighted by molar-refractivity contribution is -0.114. The maximum Gasteiger partial charge on any atom is 0.186 e. The normalized spacial score (nSPS) is 17.9. The van der Waals surface area contributed by atoms with E-state index in [0.29, 0.717) is 21.6 Å². The van der Waals surface area contributed by atoms with Gasteiger partial charge in [-0.3, -0.25) is 10.2 Å². The highest BCUT2D eigenvalue weighted by Gasteiger charge is 2.38. The molecule has 4 nitrogen and oxygen atoms in total. The summed E-state index contributed by atoms with van der Waals surface area (Å²) in [7, 11) is 0. The van der Waals surface area contributed by atoms with Crippen molar-refractivity contribution in [3.8, 4) is 5.75 Å². The summed E-state index contributed by atoms with van der Waals surface area (Å²) in [6.07, 6.45) is 3.48. The van der Waals surface area contributed by atoms with Crippen molar-refractivity contribution in [1.82, 2.24) is 4.98 Å². The van der Waals surface area contributed by atoms with Gasteiger partial charge in [0.05, 0.1) is 14.4 Å². The number of halogens is 2. The van der Waals surface area contributed by atoms with Gasteiger partial charge in [-0.25, -0.2) is 4.98 Å². The monoisotopic (exact) mass is 548 g/mol. The van der Waals surface area contributed by atoms with Crippen molar-refractivity contribution in [2.24, 2.45) is 0 Å². The Morgan fingerprint density at radius 3 is 2.66 bits per heavy atom. The number of ketones is 1. The molecular weight excluding hydrogens is 536 g/mol. The lowest BCUT2D eigenvalue weighted by atomic mass is 10.1. The van der Waals surface area contributed by atoms with Crippen molar-refractivity contribution >= 4 is 71.9 Å². The fraction of sp³-hybridized carbons (Fsp3) is 0.0952. The van der Waals surface area contributed by atoms with Gasteiger partial charge in [-0.1, -0.05) is 45.9 Å². The minimum absolute atomic E-state index is 0.0679. The summed E-state index contributed by atoms with van der Waals surface area (Å²) in [5.41, 5.74) is 1.95. The van der Waals surface area contributed by atoms with Crippen LogP contribution in [0, 0.1) is 5.41 Å². The second kappa shape index (κ2) is 8.95. The molecule has 8 heteroatoms. The predicted molar refractivity (Wildman–Crippen MR) is 126 cm³/mol. The maximum atomic E-state index is 12.8. The van der Waals surface area contributed by atoms with E-state index in [-0.39, 0.29) is 5.78 Å². The van der Waals surface area contributed by atoms with Gasteiger partial charge in [0, 0.05) is 16.0 Å². The molecule has 4 rings (SSSR count). The number of ether oxygens (including phenoxy) is 1. The highest BCUT2D eigenvalue weighted by molar-refractivity contribution is 9.10. The smallest absolute Gasteiger partial charge is 0.186 e. The van der Waals surface area contributed by atoms with Crippen molar-refractivity contribution in [3.05, 3.63) is 84.0 Å². The number of hydrogen-bond acceptors (Lipinski definition) is 6. The van der Waals surface area contributed by atoms with Gasteiger partial charge in [-0.15, -0.1) is 11.3 Å². The molecule has 1 saturated heterocycles. The number of aromatic nitrogens is 1. The average molecular weight is 550 g/mol. The van der Waals surface area contributed by atoms with Crippen molar-refractivity contribution in [2.75, 3.05) is 0 Å². The van der Waals surface area contributed by atoms with Gasteiger partial charge < -0.3 is 4.74 Å². The molecule has 0 radical (unpaired) electrons. The fourth-order valence-corrected chi connectivity index (χ4v) is 5.39. The average Bonchev–Trinajstić information content (AvgIpc) is 3.31. The molecule has 3 aromatic rings. The van der Waals surface area contributed by atoms with Crippen LogP contribution in [0.25, 0.3) is 6.08 Å². The van der Waals surface area contributed by atoms with E-state index in [1.54, 1.807) is 6.20 Å². The van der Waals surface area contributed by atoms with E-state index >= 15 is 0 Å². The summed E-state index contributed by atoms with van der Waals surface area (Å²) in [6.45, 7) is 0.466. The van der Waals surface area contributed by atoms with Crippen molar-refractivity contribution < 1.29 is 9.53 Å². The van der Waals surface area contributed by atoms with Crippen LogP contribution >= 0.6 is 55.0 Å². The quantitative estimate of drug-likeness (QED) is 0.361. The van der Waals surface area contributed by atoms with Crippen LogP contribution in [0.1, 0.15) is 22.1 Å². The van der Waals surface area contributed by atoms with Crippen LogP contribution in [-0.2, 0) is 11.4 Å². The summed E-state index contributed by atoms with van der Waals surface area (Å²) in [5.74, 6) is 0.0960. The third-order valence-electron chi connectivity index (χ3n) is 4.25. The number of hydrogen-bond donors (Lipinski definition) is 1. The van der Waals surface area contributed by atoms with Crippen LogP contribution in [0.15, 0.2) is 67.9 Å². The maximum absolute atomic E-state index is 12.8. The highest BCUT2D eigenvalue weighted by atomic mass is 79.9. The van der Waals surface area contributed by atoms with E-state index in [2.05, 4.69) is 36.8 Å². The molecule has 0 unspecified atom stereocenters. The number of nitrogens with one attached hydrogen (secondary N) is 1. The van der Waals surface area contributed by atoms with Gasteiger partial charge in [-0.2, -0.15) is 0 Å². The predicted octanol–water partition coefficient (Wildman–Crippen LogP) is 6.66. The van der Waals surface area contributed by atoms with E-state index in [1.807, 2.05) is 53.9 Å². The number of nitrogens with zero attached hydrogens (tertiary/aromatic N) is 1. The molecule has 1 aromatic heterocycles. The lowest BCUT2D eigenvalue weighted by Crippen LogP contribution is -2.11.